The van der Waals surface area contributed by atoms with Crippen molar-refractivity contribution in [1.82, 2.24) is 20.5 Å². The van der Waals surface area contributed by atoms with E-state index in [1.54, 1.807) is 24.3 Å². The number of nitrogens with one attached hydrogen (secondary N) is 2. The van der Waals surface area contributed by atoms with Gasteiger partial charge in [0.2, 0.25) is 5.88 Å². The molecule has 0 bridgehead atoms. The maximum atomic E-state index is 13.1. The second-order valence-electron chi connectivity index (χ2n) is 7.34. The van der Waals surface area contributed by atoms with E-state index in [1.165, 1.54) is 25.3 Å². The van der Waals surface area contributed by atoms with Crippen LogP contribution < -0.4 is 20.1 Å². The molecule has 32 heavy (non-hydrogen) atoms. The van der Waals surface area contributed by atoms with Crippen LogP contribution in [0, 0.1) is 0 Å². The molecule has 1 aromatic carbocycles. The molecule has 10 nitrogen and oxygen atoms in total. The van der Waals surface area contributed by atoms with E-state index in [0.29, 0.717) is 28.2 Å². The maximum Gasteiger partial charge on any atom is 0.322 e. The molecule has 0 radical (unpaired) electrons. The van der Waals surface area contributed by atoms with E-state index in [2.05, 4.69) is 15.6 Å². The average molecular weight is 438 g/mol. The van der Waals surface area contributed by atoms with E-state index in [-0.39, 0.29) is 32.2 Å². The Labute approximate surface area is 183 Å². The number of carbonyl (C=O) groups is 3. The van der Waals surface area contributed by atoms with Gasteiger partial charge in [-0.3, -0.25) is 14.9 Å². The molecule has 0 spiro atoms. The number of nitrogens with zero attached hydrogens (tertiary/aromatic N) is 2. The molecule has 2 aromatic heterocycles. The topological polar surface area (TPSA) is 123 Å². The molecule has 166 valence electrons. The van der Waals surface area contributed by atoms with E-state index >= 15 is 0 Å². The summed E-state index contributed by atoms with van der Waals surface area (Å²) in [6.07, 6.45) is 1.52. The smallest absolute Gasteiger partial charge is 0.322 e. The first-order valence-corrected chi connectivity index (χ1v) is 9.48. The Morgan fingerprint density at radius 1 is 1.16 bits per heavy atom. The van der Waals surface area contributed by atoms with Gasteiger partial charge in [0.1, 0.15) is 17.1 Å². The fraction of sp³-hybridized carbons (Fsp3) is 0.273. The van der Waals surface area contributed by atoms with Gasteiger partial charge in [-0.15, -0.1) is 0 Å². The number of hydrogen-bond acceptors (Lipinski definition) is 7. The minimum Gasteiger partial charge on any atom is -0.497 e. The predicted molar refractivity (Wildman–Crippen MR) is 113 cm³/mol. The second kappa shape index (κ2) is 7.56. The number of furan rings is 1. The van der Waals surface area contributed by atoms with Gasteiger partial charge >= 0.3 is 6.03 Å². The van der Waals surface area contributed by atoms with Gasteiger partial charge in [0.25, 0.3) is 11.8 Å². The molecule has 1 saturated heterocycles. The summed E-state index contributed by atoms with van der Waals surface area (Å²) in [6, 6.07) is 7.81. The highest BCUT2D eigenvalue weighted by molar-refractivity contribution is 6.08. The normalized spacial score (nSPS) is 19.4. The summed E-state index contributed by atoms with van der Waals surface area (Å²) in [7, 11) is 3.00. The maximum absolute atomic E-state index is 13.1. The molecule has 3 aromatic rings. The summed E-state index contributed by atoms with van der Waals surface area (Å²) in [5, 5.41) is 5.46. The number of imide groups is 1. The van der Waals surface area contributed by atoms with Crippen molar-refractivity contribution in [3.63, 3.8) is 0 Å². The Morgan fingerprint density at radius 2 is 1.97 bits per heavy atom. The number of hydrogen-bond donors (Lipinski definition) is 2. The van der Waals surface area contributed by atoms with Crippen LogP contribution in [0.2, 0.25) is 0 Å². The van der Waals surface area contributed by atoms with Crippen molar-refractivity contribution in [3.05, 3.63) is 53.4 Å². The SMILES string of the molecule is C.COc1ccc2c(c1)C(=O)N(C[C@@]1(c3cc4c(OC)nccc4o3)NC(=O)NC1=O)C2. The van der Waals surface area contributed by atoms with E-state index < -0.39 is 17.5 Å². The molecule has 10 heteroatoms. The van der Waals surface area contributed by atoms with Crippen molar-refractivity contribution in [2.24, 2.45) is 0 Å². The summed E-state index contributed by atoms with van der Waals surface area (Å²) < 4.78 is 16.4. The third kappa shape index (κ3) is 3.03. The van der Waals surface area contributed by atoms with Gasteiger partial charge in [0.15, 0.2) is 5.54 Å². The van der Waals surface area contributed by atoms with Crippen molar-refractivity contribution < 1.29 is 28.3 Å². The second-order valence-corrected chi connectivity index (χ2v) is 7.34. The number of aromatic nitrogens is 1. The lowest BCUT2D eigenvalue weighted by atomic mass is 9.95. The number of urea groups is 1. The van der Waals surface area contributed by atoms with Crippen LogP contribution in [0.3, 0.4) is 0 Å². The van der Waals surface area contributed by atoms with E-state index in [0.717, 1.165) is 5.56 Å². The summed E-state index contributed by atoms with van der Waals surface area (Å²) in [6.45, 7) is 0.171. The summed E-state index contributed by atoms with van der Waals surface area (Å²) in [5.74, 6) is 0.192. The lowest BCUT2D eigenvalue weighted by Crippen LogP contribution is -2.52. The van der Waals surface area contributed by atoms with Crippen molar-refractivity contribution in [2.45, 2.75) is 19.5 Å². The van der Waals surface area contributed by atoms with Crippen LogP contribution in [0.5, 0.6) is 11.6 Å². The van der Waals surface area contributed by atoms with E-state index in [4.69, 9.17) is 13.9 Å². The first-order chi connectivity index (χ1) is 14.9. The van der Waals surface area contributed by atoms with Crippen LogP contribution in [-0.4, -0.2) is 48.5 Å². The average Bonchev–Trinajstić information content (AvgIpc) is 3.42. The first-order valence-electron chi connectivity index (χ1n) is 9.48. The molecule has 0 saturated carbocycles. The standard InChI is InChI=1S/C21H18N4O6.CH4/c1-29-12-4-3-11-9-25(18(26)13(11)7-12)10-21(19(27)23-20(28)24-21)16-8-14-15(31-16)5-6-22-17(14)30-2;/h3-8H,9-10H2,1-2H3,(H2,23,24,27,28);1H4/t21-;/m0./s1. The molecular weight excluding hydrogens is 416 g/mol. The van der Waals surface area contributed by atoms with Gasteiger partial charge in [0, 0.05) is 24.4 Å². The van der Waals surface area contributed by atoms with Crippen LogP contribution in [0.4, 0.5) is 4.79 Å². The fourth-order valence-electron chi connectivity index (χ4n) is 4.05. The zero-order valence-corrected chi connectivity index (χ0v) is 16.7. The quantitative estimate of drug-likeness (QED) is 0.585. The van der Waals surface area contributed by atoms with Crippen molar-refractivity contribution in [2.75, 3.05) is 20.8 Å². The molecule has 2 aliphatic heterocycles. The molecule has 2 aliphatic rings. The molecular formula is C22H22N4O6. The zero-order valence-electron chi connectivity index (χ0n) is 16.7. The largest absolute Gasteiger partial charge is 0.497 e. The van der Waals surface area contributed by atoms with Crippen molar-refractivity contribution in [3.8, 4) is 11.6 Å². The Bertz CT molecular complexity index is 1250. The van der Waals surface area contributed by atoms with Gasteiger partial charge in [-0.25, -0.2) is 9.78 Å². The molecule has 4 heterocycles. The minimum absolute atomic E-state index is 0. The summed E-state index contributed by atoms with van der Waals surface area (Å²) in [4.78, 5) is 43.7. The van der Waals surface area contributed by atoms with E-state index in [9.17, 15) is 14.4 Å². The number of methoxy groups -OCH3 is 2. The lowest BCUT2D eigenvalue weighted by Gasteiger charge is -2.29. The van der Waals surface area contributed by atoms with Gasteiger partial charge in [-0.05, 0) is 23.8 Å². The van der Waals surface area contributed by atoms with Crippen molar-refractivity contribution in [1.29, 1.82) is 0 Å². The molecule has 4 amide bonds. The van der Waals surface area contributed by atoms with Crippen molar-refractivity contribution >= 4 is 28.8 Å². The van der Waals surface area contributed by atoms with Gasteiger partial charge in [-0.1, -0.05) is 13.5 Å². The van der Waals surface area contributed by atoms with E-state index in [1.807, 2.05) is 6.07 Å². The minimum atomic E-state index is -1.59. The Morgan fingerprint density at radius 3 is 2.66 bits per heavy atom. The number of rotatable bonds is 5. The van der Waals surface area contributed by atoms with Crippen LogP contribution in [-0.2, 0) is 16.9 Å². The highest BCUT2D eigenvalue weighted by Gasteiger charge is 2.53. The summed E-state index contributed by atoms with van der Waals surface area (Å²) in [5.41, 5.74) is 0.148. The fourth-order valence-corrected chi connectivity index (χ4v) is 4.05. The number of benzene rings is 1. The number of pyridine rings is 1. The Balaban J connectivity index is 0.00000245. The zero-order chi connectivity index (χ0) is 21.8. The monoisotopic (exact) mass is 438 g/mol. The lowest BCUT2D eigenvalue weighted by molar-refractivity contribution is -0.125. The molecule has 2 N–H and O–H groups in total. The predicted octanol–water partition coefficient (Wildman–Crippen LogP) is 2.17. The first kappa shape index (κ1) is 21.2. The Hall–Kier alpha value is -4.08. The van der Waals surface area contributed by atoms with Gasteiger partial charge in [0.05, 0.1) is 26.2 Å². The highest BCUT2D eigenvalue weighted by Crippen LogP contribution is 2.36. The van der Waals surface area contributed by atoms with Crippen LogP contribution in [0.25, 0.3) is 11.0 Å². The third-order valence-electron chi connectivity index (χ3n) is 5.59. The molecule has 0 unspecified atom stereocenters. The highest BCUT2D eigenvalue weighted by atomic mass is 16.5. The molecule has 1 atom stereocenters. The van der Waals surface area contributed by atoms with Gasteiger partial charge in [-0.2, -0.15) is 0 Å². The Kier molecular flexibility index (Phi) is 5.00. The van der Waals surface area contributed by atoms with Crippen LogP contribution >= 0.6 is 0 Å². The third-order valence-corrected chi connectivity index (χ3v) is 5.59. The van der Waals surface area contributed by atoms with Crippen LogP contribution in [0.1, 0.15) is 29.1 Å². The number of carbonyl (C=O) groups excluding carboxylic acids is 3. The number of fused-ring (bicyclic) bond motifs is 2. The summed E-state index contributed by atoms with van der Waals surface area (Å²) >= 11 is 0. The van der Waals surface area contributed by atoms with Crippen LogP contribution in [0.15, 0.2) is 40.9 Å². The molecule has 0 aliphatic carbocycles. The van der Waals surface area contributed by atoms with Gasteiger partial charge < -0.3 is 24.1 Å². The molecule has 5 rings (SSSR count). The number of amides is 4. The number of ether oxygens (including phenoxy) is 2. The molecule has 1 fully saturated rings.